The van der Waals surface area contributed by atoms with Gasteiger partial charge in [-0.1, -0.05) is 25.1 Å². The van der Waals surface area contributed by atoms with Crippen molar-refractivity contribution < 1.29 is 17.9 Å². The van der Waals surface area contributed by atoms with Crippen molar-refractivity contribution in [2.75, 3.05) is 12.4 Å². The summed E-state index contributed by atoms with van der Waals surface area (Å²) < 4.78 is 28.4. The molecule has 0 amide bonds. The van der Waals surface area contributed by atoms with E-state index in [-0.39, 0.29) is 12.4 Å². The molecule has 0 radical (unpaired) electrons. The molecule has 0 aliphatic carbocycles. The molecule has 0 aliphatic heterocycles. The summed E-state index contributed by atoms with van der Waals surface area (Å²) in [7, 11) is -3.17. The van der Waals surface area contributed by atoms with E-state index in [0.717, 1.165) is 0 Å². The van der Waals surface area contributed by atoms with Crippen LogP contribution in [-0.4, -0.2) is 32.0 Å². The summed E-state index contributed by atoms with van der Waals surface area (Å²) in [6, 6.07) is 8.52. The van der Waals surface area contributed by atoms with Crippen LogP contribution < -0.4 is 0 Å². The van der Waals surface area contributed by atoms with Crippen LogP contribution in [0.25, 0.3) is 0 Å². The molecule has 0 spiro atoms. The van der Waals surface area contributed by atoms with Crippen LogP contribution in [0.5, 0.6) is 0 Å². The monoisotopic (exact) mass is 270 g/mol. The van der Waals surface area contributed by atoms with Crippen LogP contribution in [0.2, 0.25) is 0 Å². The highest BCUT2D eigenvalue weighted by Gasteiger charge is 2.21. The minimum Gasteiger partial charge on any atom is -0.461 e. The Morgan fingerprint density at radius 1 is 1.28 bits per heavy atom. The Morgan fingerprint density at radius 2 is 1.89 bits per heavy atom. The molecule has 0 aromatic heterocycles. The highest BCUT2D eigenvalue weighted by molar-refractivity contribution is 7.92. The van der Waals surface area contributed by atoms with Gasteiger partial charge in [0.15, 0.2) is 9.84 Å². The summed E-state index contributed by atoms with van der Waals surface area (Å²) in [6.07, 6.45) is 0.569. The highest BCUT2D eigenvalue weighted by Crippen LogP contribution is 2.07. The fourth-order valence-corrected chi connectivity index (χ4v) is 2.69. The molecule has 0 saturated heterocycles. The van der Waals surface area contributed by atoms with E-state index >= 15 is 0 Å². The minimum absolute atomic E-state index is 0.101. The van der Waals surface area contributed by atoms with E-state index in [4.69, 9.17) is 4.74 Å². The molecule has 1 aromatic carbocycles. The zero-order valence-corrected chi connectivity index (χ0v) is 11.4. The van der Waals surface area contributed by atoms with E-state index in [2.05, 4.69) is 0 Å². The van der Waals surface area contributed by atoms with Crippen molar-refractivity contribution in [3.8, 4) is 0 Å². The van der Waals surface area contributed by atoms with Crippen molar-refractivity contribution in [1.82, 2.24) is 0 Å². The largest absolute Gasteiger partial charge is 0.461 e. The van der Waals surface area contributed by atoms with Gasteiger partial charge in [0.1, 0.15) is 6.61 Å². The average molecular weight is 270 g/mol. The minimum atomic E-state index is -3.17. The lowest BCUT2D eigenvalue weighted by Crippen LogP contribution is -2.27. The molecular weight excluding hydrogens is 252 g/mol. The van der Waals surface area contributed by atoms with Gasteiger partial charge in [-0.3, -0.25) is 0 Å². The zero-order chi connectivity index (χ0) is 13.6. The van der Waals surface area contributed by atoms with E-state index < -0.39 is 21.1 Å². The number of ether oxygens (including phenoxy) is 1. The number of benzene rings is 1. The first-order valence-corrected chi connectivity index (χ1v) is 7.62. The van der Waals surface area contributed by atoms with E-state index in [1.165, 1.54) is 0 Å². The number of carbonyl (C=O) groups excluding carboxylic acids is 1. The number of sulfone groups is 1. The average Bonchev–Trinajstić information content (AvgIpc) is 2.36. The smallest absolute Gasteiger partial charge is 0.338 e. The van der Waals surface area contributed by atoms with Gasteiger partial charge in [-0.05, 0) is 25.5 Å². The quantitative estimate of drug-likeness (QED) is 0.742. The lowest BCUT2D eigenvalue weighted by molar-refractivity contribution is 0.0508. The maximum Gasteiger partial charge on any atom is 0.338 e. The van der Waals surface area contributed by atoms with E-state index in [1.807, 2.05) is 0 Å². The van der Waals surface area contributed by atoms with Gasteiger partial charge in [0, 0.05) is 0 Å². The van der Waals surface area contributed by atoms with Crippen molar-refractivity contribution in [3.63, 3.8) is 0 Å². The Labute approximate surface area is 108 Å². The highest BCUT2D eigenvalue weighted by atomic mass is 32.2. The molecule has 1 rings (SSSR count). The molecule has 5 heteroatoms. The maximum absolute atomic E-state index is 11.7. The number of hydrogen-bond donors (Lipinski definition) is 0. The molecule has 0 saturated carbocycles. The van der Waals surface area contributed by atoms with Gasteiger partial charge in [0.2, 0.25) is 0 Å². The van der Waals surface area contributed by atoms with Crippen molar-refractivity contribution in [2.45, 2.75) is 25.5 Å². The summed E-state index contributed by atoms with van der Waals surface area (Å²) >= 11 is 0. The molecule has 1 atom stereocenters. The van der Waals surface area contributed by atoms with Gasteiger partial charge in [-0.25, -0.2) is 13.2 Å². The molecular formula is C13H18O4S. The van der Waals surface area contributed by atoms with Gasteiger partial charge in [-0.15, -0.1) is 0 Å². The van der Waals surface area contributed by atoms with E-state index in [1.54, 1.807) is 44.2 Å². The van der Waals surface area contributed by atoms with Crippen molar-refractivity contribution in [1.29, 1.82) is 0 Å². The van der Waals surface area contributed by atoms with Crippen LogP contribution in [0, 0.1) is 0 Å². The van der Waals surface area contributed by atoms with Gasteiger partial charge in [0.05, 0.1) is 16.6 Å². The molecule has 4 nitrogen and oxygen atoms in total. The summed E-state index contributed by atoms with van der Waals surface area (Å²) in [5.41, 5.74) is 0.428. The predicted molar refractivity (Wildman–Crippen MR) is 70.3 cm³/mol. The van der Waals surface area contributed by atoms with Gasteiger partial charge < -0.3 is 4.74 Å². The Hall–Kier alpha value is -1.36. The van der Waals surface area contributed by atoms with E-state index in [9.17, 15) is 13.2 Å². The van der Waals surface area contributed by atoms with Crippen LogP contribution in [0.15, 0.2) is 30.3 Å². The maximum atomic E-state index is 11.7. The topological polar surface area (TPSA) is 60.4 Å². The Morgan fingerprint density at radius 3 is 2.44 bits per heavy atom. The summed E-state index contributed by atoms with van der Waals surface area (Å²) in [4.78, 5) is 11.6. The first-order chi connectivity index (χ1) is 8.47. The third-order valence-corrected chi connectivity index (χ3v) is 4.90. The SMILES string of the molecule is CCCS(=O)(=O)C(C)COC(=O)c1ccccc1. The number of rotatable bonds is 6. The normalized spacial score (nSPS) is 13.0. The summed E-state index contributed by atoms with van der Waals surface area (Å²) in [5.74, 6) is -0.369. The Kier molecular flexibility index (Phi) is 5.34. The van der Waals surface area contributed by atoms with Gasteiger partial charge in [-0.2, -0.15) is 0 Å². The number of esters is 1. The molecule has 0 heterocycles. The lowest BCUT2D eigenvalue weighted by atomic mass is 10.2. The van der Waals surface area contributed by atoms with Crippen molar-refractivity contribution in [2.24, 2.45) is 0 Å². The molecule has 0 N–H and O–H groups in total. The standard InChI is InChI=1S/C13H18O4S/c1-3-9-18(15,16)11(2)10-17-13(14)12-7-5-4-6-8-12/h4-8,11H,3,9-10H2,1-2H3. The van der Waals surface area contributed by atoms with Crippen LogP contribution in [0.1, 0.15) is 30.6 Å². The molecule has 18 heavy (non-hydrogen) atoms. The third-order valence-electron chi connectivity index (χ3n) is 2.56. The van der Waals surface area contributed by atoms with Gasteiger partial charge >= 0.3 is 5.97 Å². The second-order valence-electron chi connectivity index (χ2n) is 4.14. The fourth-order valence-electron chi connectivity index (χ4n) is 1.44. The molecule has 0 bridgehead atoms. The first-order valence-electron chi connectivity index (χ1n) is 5.91. The second kappa shape index (κ2) is 6.54. The molecule has 1 aromatic rings. The fraction of sp³-hybridized carbons (Fsp3) is 0.462. The molecule has 0 aliphatic rings. The van der Waals surface area contributed by atoms with Crippen LogP contribution in [0.3, 0.4) is 0 Å². The predicted octanol–water partition coefficient (Wildman–Crippen LogP) is 2.06. The second-order valence-corrected chi connectivity index (χ2v) is 6.68. The third kappa shape index (κ3) is 4.14. The lowest BCUT2D eigenvalue weighted by Gasteiger charge is -2.12. The molecule has 100 valence electrons. The first kappa shape index (κ1) is 14.7. The molecule has 1 unspecified atom stereocenters. The van der Waals surface area contributed by atoms with Crippen LogP contribution >= 0.6 is 0 Å². The number of hydrogen-bond acceptors (Lipinski definition) is 4. The zero-order valence-electron chi connectivity index (χ0n) is 10.6. The van der Waals surface area contributed by atoms with E-state index in [0.29, 0.717) is 12.0 Å². The van der Waals surface area contributed by atoms with Crippen LogP contribution in [-0.2, 0) is 14.6 Å². The van der Waals surface area contributed by atoms with Crippen molar-refractivity contribution in [3.05, 3.63) is 35.9 Å². The Balaban J connectivity index is 2.54. The summed E-state index contributed by atoms with van der Waals surface area (Å²) in [6.45, 7) is 3.26. The Bertz CT molecular complexity index is 479. The number of carbonyl (C=O) groups is 1. The summed E-state index contributed by atoms with van der Waals surface area (Å²) in [5, 5.41) is -0.662. The van der Waals surface area contributed by atoms with Crippen LogP contribution in [0.4, 0.5) is 0 Å². The molecule has 0 fully saturated rings. The van der Waals surface area contributed by atoms with Crippen molar-refractivity contribution >= 4 is 15.8 Å². The van der Waals surface area contributed by atoms with Gasteiger partial charge in [0.25, 0.3) is 0 Å².